The molecule has 0 bridgehead atoms. The largest absolute Gasteiger partial charge is 0.465 e. The Morgan fingerprint density at radius 1 is 1.41 bits per heavy atom. The van der Waals surface area contributed by atoms with Crippen LogP contribution in [-0.4, -0.2) is 43.6 Å². The van der Waals surface area contributed by atoms with Crippen molar-refractivity contribution in [1.29, 1.82) is 0 Å². The lowest BCUT2D eigenvalue weighted by Crippen LogP contribution is -2.34. The number of ether oxygens (including phenoxy) is 1. The molecule has 0 amide bonds. The van der Waals surface area contributed by atoms with E-state index in [9.17, 15) is 26.4 Å². The summed E-state index contributed by atoms with van der Waals surface area (Å²) in [6.45, 7) is -1.70. The number of pyridine rings is 1. The Hall–Kier alpha value is -2.14. The molecule has 0 atom stereocenters. The molecule has 0 unspecified atom stereocenters. The number of methoxy groups -OCH3 is 1. The third-order valence-electron chi connectivity index (χ3n) is 2.63. The van der Waals surface area contributed by atoms with Gasteiger partial charge in [-0.3, -0.25) is 0 Å². The van der Waals surface area contributed by atoms with Gasteiger partial charge >= 0.3 is 12.1 Å². The molecule has 2 rings (SSSR count). The number of halogens is 3. The fourth-order valence-corrected chi connectivity index (χ4v) is 2.79. The van der Waals surface area contributed by atoms with Gasteiger partial charge in [0.15, 0.2) is 5.03 Å². The van der Waals surface area contributed by atoms with Crippen LogP contribution in [0.1, 0.15) is 10.4 Å². The number of sulfonamides is 1. The van der Waals surface area contributed by atoms with Crippen molar-refractivity contribution in [3.8, 4) is 0 Å². The predicted molar refractivity (Wildman–Crippen MR) is 67.8 cm³/mol. The van der Waals surface area contributed by atoms with Gasteiger partial charge < -0.3 is 9.14 Å². The van der Waals surface area contributed by atoms with E-state index in [1.54, 1.807) is 0 Å². The Labute approximate surface area is 122 Å². The highest BCUT2D eigenvalue weighted by atomic mass is 32.2. The van der Waals surface area contributed by atoms with Gasteiger partial charge in [-0.1, -0.05) is 0 Å². The molecule has 120 valence electrons. The average Bonchev–Trinajstić information content (AvgIpc) is 2.87. The molecule has 7 nitrogen and oxygen atoms in total. The van der Waals surface area contributed by atoms with E-state index in [1.807, 2.05) is 0 Å². The first-order valence-corrected chi connectivity index (χ1v) is 7.24. The van der Waals surface area contributed by atoms with Gasteiger partial charge in [0, 0.05) is 6.20 Å². The molecule has 0 aromatic carbocycles. The van der Waals surface area contributed by atoms with Gasteiger partial charge in [-0.25, -0.2) is 22.9 Å². The van der Waals surface area contributed by atoms with E-state index < -0.39 is 33.7 Å². The highest BCUT2D eigenvalue weighted by Gasteiger charge is 2.31. The van der Waals surface area contributed by atoms with Crippen LogP contribution in [0.15, 0.2) is 29.7 Å². The monoisotopic (exact) mass is 337 g/mol. The topological polar surface area (TPSA) is 89.8 Å². The predicted octanol–water partition coefficient (Wildman–Crippen LogP) is 0.961. The van der Waals surface area contributed by atoms with Gasteiger partial charge in [-0.2, -0.15) is 13.2 Å². The summed E-state index contributed by atoms with van der Waals surface area (Å²) in [5.41, 5.74) is 0.168. The van der Waals surface area contributed by atoms with Crippen LogP contribution in [0.2, 0.25) is 0 Å². The third-order valence-corrected chi connectivity index (χ3v) is 3.98. The fraction of sp³-hybridized carbons (Fsp3) is 0.273. The molecule has 2 aromatic rings. The Morgan fingerprint density at radius 3 is 2.68 bits per heavy atom. The quantitative estimate of drug-likeness (QED) is 0.840. The molecule has 0 aliphatic carbocycles. The molecule has 0 aliphatic heterocycles. The van der Waals surface area contributed by atoms with Crippen LogP contribution in [0.5, 0.6) is 0 Å². The van der Waals surface area contributed by atoms with Crippen LogP contribution in [0, 0.1) is 0 Å². The van der Waals surface area contributed by atoms with E-state index in [-0.39, 0.29) is 11.1 Å². The van der Waals surface area contributed by atoms with Crippen molar-refractivity contribution in [2.45, 2.75) is 11.2 Å². The molecule has 1 N–H and O–H groups in total. The number of rotatable bonds is 4. The van der Waals surface area contributed by atoms with Crippen LogP contribution < -0.4 is 4.72 Å². The van der Waals surface area contributed by atoms with E-state index in [4.69, 9.17) is 0 Å². The molecule has 0 saturated heterocycles. The van der Waals surface area contributed by atoms with Crippen LogP contribution in [0.4, 0.5) is 13.2 Å². The molecule has 0 aliphatic rings. The molecule has 0 spiro atoms. The van der Waals surface area contributed by atoms with Crippen LogP contribution in [0.3, 0.4) is 0 Å². The second-order valence-electron chi connectivity index (χ2n) is 4.19. The maximum absolute atomic E-state index is 12.1. The number of fused-ring (bicyclic) bond motifs is 1. The lowest BCUT2D eigenvalue weighted by molar-refractivity contribution is -0.121. The smallest absolute Gasteiger partial charge is 0.402 e. The van der Waals surface area contributed by atoms with Crippen LogP contribution in [0.25, 0.3) is 5.52 Å². The summed E-state index contributed by atoms with van der Waals surface area (Å²) < 4.78 is 67.2. The number of aromatic nitrogens is 2. The Bertz CT molecular complexity index is 814. The van der Waals surface area contributed by atoms with Crippen LogP contribution >= 0.6 is 0 Å². The molecule has 2 aromatic heterocycles. The number of carbonyl (C=O) groups is 1. The highest BCUT2D eigenvalue weighted by Crippen LogP contribution is 2.18. The average molecular weight is 337 g/mol. The maximum atomic E-state index is 12.1. The van der Waals surface area contributed by atoms with E-state index in [1.165, 1.54) is 34.6 Å². The van der Waals surface area contributed by atoms with Gasteiger partial charge in [-0.05, 0) is 12.1 Å². The van der Waals surface area contributed by atoms with Crippen molar-refractivity contribution in [2.24, 2.45) is 0 Å². The van der Waals surface area contributed by atoms with E-state index >= 15 is 0 Å². The Morgan fingerprint density at radius 2 is 2.09 bits per heavy atom. The van der Waals surface area contributed by atoms with Gasteiger partial charge in [0.1, 0.15) is 12.9 Å². The lowest BCUT2D eigenvalue weighted by atomic mass is 10.3. The fourth-order valence-electron chi connectivity index (χ4n) is 1.67. The van der Waals surface area contributed by atoms with Gasteiger partial charge in [0.05, 0.1) is 18.2 Å². The van der Waals surface area contributed by atoms with E-state index in [0.29, 0.717) is 0 Å². The Balaban J connectivity index is 2.39. The zero-order valence-electron chi connectivity index (χ0n) is 11.1. The number of esters is 1. The maximum Gasteiger partial charge on any atom is 0.402 e. The zero-order chi connectivity index (χ0) is 16.5. The second-order valence-corrected chi connectivity index (χ2v) is 5.87. The zero-order valence-corrected chi connectivity index (χ0v) is 11.9. The summed E-state index contributed by atoms with van der Waals surface area (Å²) in [5, 5.41) is -0.562. The minimum absolute atomic E-state index is 0.0299. The number of imidazole rings is 1. The minimum Gasteiger partial charge on any atom is -0.465 e. The third kappa shape index (κ3) is 3.36. The minimum atomic E-state index is -4.68. The lowest BCUT2D eigenvalue weighted by Gasteiger charge is -2.08. The standard InChI is InChI=1S/C11H10F3N3O4S/c1-21-10(18)7-2-3-8-9(15-6-17(8)4-7)22(19,20)16-5-11(12,13)14/h2-4,6,16H,5H2,1H3. The van der Waals surface area contributed by atoms with Crippen molar-refractivity contribution < 1.29 is 31.1 Å². The molecular weight excluding hydrogens is 327 g/mol. The summed E-state index contributed by atoms with van der Waals surface area (Å²) in [5.74, 6) is -0.643. The number of alkyl halides is 3. The number of hydrogen-bond acceptors (Lipinski definition) is 5. The summed E-state index contributed by atoms with van der Waals surface area (Å²) in [4.78, 5) is 14.9. The molecule has 0 saturated carbocycles. The highest BCUT2D eigenvalue weighted by molar-refractivity contribution is 7.89. The normalized spacial score (nSPS) is 12.5. The number of carbonyl (C=O) groups excluding carboxylic acids is 1. The van der Waals surface area contributed by atoms with Crippen molar-refractivity contribution >= 4 is 21.5 Å². The van der Waals surface area contributed by atoms with Crippen molar-refractivity contribution in [1.82, 2.24) is 14.1 Å². The van der Waals surface area contributed by atoms with Gasteiger partial charge in [0.25, 0.3) is 10.0 Å². The number of nitrogens with zero attached hydrogens (tertiary/aromatic N) is 2. The summed E-state index contributed by atoms with van der Waals surface area (Å²) in [7, 11) is -3.26. The summed E-state index contributed by atoms with van der Waals surface area (Å²) in [6.07, 6.45) is -2.35. The summed E-state index contributed by atoms with van der Waals surface area (Å²) in [6, 6.07) is 2.53. The number of nitrogens with one attached hydrogen (secondary N) is 1. The first kappa shape index (κ1) is 16.2. The molecule has 11 heteroatoms. The van der Waals surface area contributed by atoms with Crippen molar-refractivity contribution in [2.75, 3.05) is 13.7 Å². The molecule has 2 heterocycles. The summed E-state index contributed by atoms with van der Waals surface area (Å²) >= 11 is 0. The molecule has 0 radical (unpaired) electrons. The molecule has 22 heavy (non-hydrogen) atoms. The van der Waals surface area contributed by atoms with Crippen molar-refractivity contribution in [3.05, 3.63) is 30.2 Å². The SMILES string of the molecule is COC(=O)c1ccc2c(S(=O)(=O)NCC(F)(F)F)ncn2c1. The van der Waals surface area contributed by atoms with E-state index in [2.05, 4.69) is 9.72 Å². The van der Waals surface area contributed by atoms with E-state index in [0.717, 1.165) is 6.33 Å². The van der Waals surface area contributed by atoms with Crippen molar-refractivity contribution in [3.63, 3.8) is 0 Å². The molecular formula is C11H10F3N3O4S. The first-order chi connectivity index (χ1) is 10.1. The first-order valence-electron chi connectivity index (χ1n) is 5.75. The molecule has 0 fully saturated rings. The van der Waals surface area contributed by atoms with Gasteiger partial charge in [-0.15, -0.1) is 0 Å². The second kappa shape index (κ2) is 5.57. The van der Waals surface area contributed by atoms with Crippen LogP contribution in [-0.2, 0) is 14.8 Å². The number of hydrogen-bond donors (Lipinski definition) is 1. The Kier molecular flexibility index (Phi) is 4.11. The van der Waals surface area contributed by atoms with Gasteiger partial charge in [0.2, 0.25) is 0 Å².